The molecule has 4 aromatic rings. The number of Topliss-reactive ketones (excluding diaryl/α,β-unsaturated/α-hetero) is 1. The Labute approximate surface area is 198 Å². The number of benzene rings is 3. The van der Waals surface area contributed by atoms with Crippen LogP contribution in [0.4, 0.5) is 5.69 Å². The SMILES string of the molecule is CC(=O)c1c(C)oc2ccc(N(C(=O)c3ccc(C)cc3)S(=O)(=O)c3ccc(C)cc3C)cc12. The number of aryl methyl sites for hydroxylation is 4. The van der Waals surface area contributed by atoms with Crippen LogP contribution < -0.4 is 4.31 Å². The number of sulfonamides is 1. The van der Waals surface area contributed by atoms with Gasteiger partial charge in [0, 0.05) is 10.9 Å². The fourth-order valence-electron chi connectivity index (χ4n) is 4.14. The normalized spacial score (nSPS) is 11.6. The molecule has 0 aliphatic carbocycles. The molecule has 0 N–H and O–H groups in total. The minimum Gasteiger partial charge on any atom is -0.461 e. The van der Waals surface area contributed by atoms with Crippen molar-refractivity contribution >= 4 is 38.4 Å². The van der Waals surface area contributed by atoms with Gasteiger partial charge in [-0.25, -0.2) is 8.42 Å². The summed E-state index contributed by atoms with van der Waals surface area (Å²) in [6.07, 6.45) is 0. The predicted molar refractivity (Wildman–Crippen MR) is 132 cm³/mol. The number of furan rings is 1. The Morgan fingerprint density at radius 1 is 0.824 bits per heavy atom. The second-order valence-electron chi connectivity index (χ2n) is 8.48. The van der Waals surface area contributed by atoms with Crippen LogP contribution in [0.25, 0.3) is 11.0 Å². The molecule has 0 fully saturated rings. The molecule has 0 unspecified atom stereocenters. The van der Waals surface area contributed by atoms with Gasteiger partial charge in [0.1, 0.15) is 11.3 Å². The molecule has 0 aliphatic heterocycles. The van der Waals surface area contributed by atoms with Crippen molar-refractivity contribution in [3.8, 4) is 0 Å². The van der Waals surface area contributed by atoms with Crippen molar-refractivity contribution in [2.75, 3.05) is 4.31 Å². The number of carbonyl (C=O) groups is 2. The maximum absolute atomic E-state index is 13.9. The molecule has 6 nitrogen and oxygen atoms in total. The standard InChI is InChI=1S/C27H25NO5S/c1-16-6-9-21(10-7-16)27(30)28(34(31,32)25-13-8-17(2)14-18(25)3)22-11-12-24-23(15-22)26(19(4)29)20(5)33-24/h6-15H,1-5H3. The summed E-state index contributed by atoms with van der Waals surface area (Å²) in [6, 6.07) is 16.3. The summed E-state index contributed by atoms with van der Waals surface area (Å²) in [4.78, 5) is 26.0. The molecule has 0 atom stereocenters. The molecule has 0 spiro atoms. The molecule has 1 amide bonds. The average Bonchev–Trinajstić information content (AvgIpc) is 3.09. The Morgan fingerprint density at radius 2 is 1.47 bits per heavy atom. The summed E-state index contributed by atoms with van der Waals surface area (Å²) in [7, 11) is -4.29. The van der Waals surface area contributed by atoms with E-state index in [1.165, 1.54) is 25.1 Å². The van der Waals surface area contributed by atoms with Gasteiger partial charge in [0.05, 0.1) is 16.1 Å². The lowest BCUT2D eigenvalue weighted by atomic mass is 10.1. The first-order valence-corrected chi connectivity index (χ1v) is 12.2. The number of rotatable bonds is 5. The number of ketones is 1. The summed E-state index contributed by atoms with van der Waals surface area (Å²) in [5.41, 5.74) is 3.56. The van der Waals surface area contributed by atoms with E-state index in [1.54, 1.807) is 56.3 Å². The lowest BCUT2D eigenvalue weighted by Gasteiger charge is -2.24. The van der Waals surface area contributed by atoms with E-state index in [9.17, 15) is 18.0 Å². The molecule has 3 aromatic carbocycles. The first kappa shape index (κ1) is 23.4. The highest BCUT2D eigenvalue weighted by atomic mass is 32.2. The van der Waals surface area contributed by atoms with Crippen LogP contribution in [0, 0.1) is 27.7 Å². The van der Waals surface area contributed by atoms with Crippen molar-refractivity contribution in [1.82, 2.24) is 0 Å². The molecule has 0 radical (unpaired) electrons. The highest BCUT2D eigenvalue weighted by Crippen LogP contribution is 2.34. The number of anilines is 1. The topological polar surface area (TPSA) is 84.7 Å². The molecule has 0 bridgehead atoms. The molecule has 0 saturated heterocycles. The number of fused-ring (bicyclic) bond motifs is 1. The van der Waals surface area contributed by atoms with E-state index in [1.807, 2.05) is 13.8 Å². The van der Waals surface area contributed by atoms with E-state index >= 15 is 0 Å². The van der Waals surface area contributed by atoms with Crippen LogP contribution in [0.5, 0.6) is 0 Å². The molecule has 0 aliphatic rings. The van der Waals surface area contributed by atoms with Gasteiger partial charge in [-0.15, -0.1) is 0 Å². The molecule has 174 valence electrons. The zero-order chi connectivity index (χ0) is 24.8. The third-order valence-electron chi connectivity index (χ3n) is 5.77. The Balaban J connectivity index is 1.98. The van der Waals surface area contributed by atoms with Gasteiger partial charge in [0.25, 0.3) is 15.9 Å². The molecule has 1 aromatic heterocycles. The van der Waals surface area contributed by atoms with Crippen LogP contribution in [-0.2, 0) is 10.0 Å². The van der Waals surface area contributed by atoms with E-state index < -0.39 is 15.9 Å². The Hall–Kier alpha value is -3.71. The zero-order valence-electron chi connectivity index (χ0n) is 19.7. The first-order chi connectivity index (χ1) is 16.0. The van der Waals surface area contributed by atoms with Crippen LogP contribution in [0.2, 0.25) is 0 Å². The van der Waals surface area contributed by atoms with Crippen molar-refractivity contribution in [3.05, 3.63) is 94.2 Å². The molecule has 1 heterocycles. The van der Waals surface area contributed by atoms with Gasteiger partial charge >= 0.3 is 0 Å². The molecule has 4 rings (SSSR count). The third-order valence-corrected chi connectivity index (χ3v) is 7.64. The van der Waals surface area contributed by atoms with Gasteiger partial charge in [0.15, 0.2) is 5.78 Å². The summed E-state index contributed by atoms with van der Waals surface area (Å²) in [6.45, 7) is 8.56. The van der Waals surface area contributed by atoms with E-state index in [-0.39, 0.29) is 21.9 Å². The quantitative estimate of drug-likeness (QED) is 0.335. The maximum atomic E-state index is 13.9. The van der Waals surface area contributed by atoms with Crippen molar-refractivity contribution in [2.45, 2.75) is 39.5 Å². The molecular formula is C27H25NO5S. The van der Waals surface area contributed by atoms with E-state index in [2.05, 4.69) is 0 Å². The number of nitrogens with zero attached hydrogens (tertiary/aromatic N) is 1. The Morgan fingerprint density at radius 3 is 2.09 bits per heavy atom. The van der Waals surface area contributed by atoms with E-state index in [0.717, 1.165) is 15.4 Å². The summed E-state index contributed by atoms with van der Waals surface area (Å²) in [5.74, 6) is -0.459. The lowest BCUT2D eigenvalue weighted by molar-refractivity contribution is 0.1000. The van der Waals surface area contributed by atoms with Crippen LogP contribution in [0.1, 0.15) is 50.1 Å². The summed E-state index contributed by atoms with van der Waals surface area (Å²) in [5, 5.41) is 0.458. The minimum atomic E-state index is -4.29. The monoisotopic (exact) mass is 475 g/mol. The van der Waals surface area contributed by atoms with Crippen molar-refractivity contribution in [1.29, 1.82) is 0 Å². The number of hydrogen-bond acceptors (Lipinski definition) is 5. The maximum Gasteiger partial charge on any atom is 0.272 e. The Bertz CT molecular complexity index is 1550. The number of amides is 1. The highest BCUT2D eigenvalue weighted by molar-refractivity contribution is 7.93. The third kappa shape index (κ3) is 4.03. The predicted octanol–water partition coefficient (Wildman–Crippen LogP) is 5.90. The van der Waals surface area contributed by atoms with Crippen molar-refractivity contribution in [3.63, 3.8) is 0 Å². The van der Waals surface area contributed by atoms with Crippen LogP contribution in [-0.4, -0.2) is 20.1 Å². The average molecular weight is 476 g/mol. The molecule has 7 heteroatoms. The highest BCUT2D eigenvalue weighted by Gasteiger charge is 2.33. The number of carbonyl (C=O) groups excluding carboxylic acids is 2. The van der Waals surface area contributed by atoms with Gasteiger partial charge in [-0.05, 0) is 76.6 Å². The van der Waals surface area contributed by atoms with Crippen LogP contribution in [0.3, 0.4) is 0 Å². The fraction of sp³-hybridized carbons (Fsp3) is 0.185. The zero-order valence-corrected chi connectivity index (χ0v) is 20.5. The molecular weight excluding hydrogens is 450 g/mol. The van der Waals surface area contributed by atoms with Crippen LogP contribution in [0.15, 0.2) is 70.0 Å². The second kappa shape index (κ2) is 8.57. The molecule has 0 saturated carbocycles. The van der Waals surface area contributed by atoms with Crippen molar-refractivity contribution in [2.24, 2.45) is 0 Å². The molecule has 34 heavy (non-hydrogen) atoms. The summed E-state index contributed by atoms with van der Waals surface area (Å²) < 4.78 is 34.3. The van der Waals surface area contributed by atoms with Gasteiger partial charge in [0.2, 0.25) is 0 Å². The van der Waals surface area contributed by atoms with E-state index in [4.69, 9.17) is 4.42 Å². The van der Waals surface area contributed by atoms with Crippen LogP contribution >= 0.6 is 0 Å². The number of hydrogen-bond donors (Lipinski definition) is 0. The van der Waals surface area contributed by atoms with Crippen molar-refractivity contribution < 1.29 is 22.4 Å². The van der Waals surface area contributed by atoms with E-state index in [0.29, 0.717) is 27.9 Å². The smallest absolute Gasteiger partial charge is 0.272 e. The first-order valence-electron chi connectivity index (χ1n) is 10.8. The fourth-order valence-corrected chi connectivity index (χ4v) is 5.75. The largest absolute Gasteiger partial charge is 0.461 e. The van der Waals surface area contributed by atoms with Gasteiger partial charge in [-0.2, -0.15) is 4.31 Å². The van der Waals surface area contributed by atoms with Gasteiger partial charge < -0.3 is 4.42 Å². The van der Waals surface area contributed by atoms with Gasteiger partial charge in [-0.1, -0.05) is 35.4 Å². The lowest BCUT2D eigenvalue weighted by Crippen LogP contribution is -2.37. The minimum absolute atomic E-state index is 0.0359. The summed E-state index contributed by atoms with van der Waals surface area (Å²) >= 11 is 0. The van der Waals surface area contributed by atoms with Gasteiger partial charge in [-0.3, -0.25) is 9.59 Å². The Kier molecular flexibility index (Phi) is 5.91. The second-order valence-corrected chi connectivity index (χ2v) is 10.2.